The highest BCUT2D eigenvalue weighted by Crippen LogP contribution is 2.05. The van der Waals surface area contributed by atoms with E-state index in [2.05, 4.69) is 20.9 Å². The summed E-state index contributed by atoms with van der Waals surface area (Å²) in [6, 6.07) is -3.82. The van der Waals surface area contributed by atoms with Gasteiger partial charge in [0.1, 0.15) is 18.1 Å². The molecule has 33 heavy (non-hydrogen) atoms. The average molecular weight is 508 g/mol. The average Bonchev–Trinajstić information content (AvgIpc) is 2.75. The van der Waals surface area contributed by atoms with Gasteiger partial charge in [-0.2, -0.15) is 23.5 Å². The summed E-state index contributed by atoms with van der Waals surface area (Å²) in [7, 11) is 0. The number of amides is 3. The molecule has 0 bridgehead atoms. The SMILES string of the molecule is CSCCC(N)C(=O)NC(C)C(=O)NC(CCCN=C(N)N)C(=O)NC(CCSC)C(=O)O. The largest absolute Gasteiger partial charge is 0.480 e. The van der Waals surface area contributed by atoms with Crippen molar-refractivity contribution in [3.8, 4) is 0 Å². The van der Waals surface area contributed by atoms with E-state index < -0.39 is 47.9 Å². The lowest BCUT2D eigenvalue weighted by atomic mass is 10.1. The summed E-state index contributed by atoms with van der Waals surface area (Å²) in [6.45, 7) is 1.70. The number of carbonyl (C=O) groups is 4. The second-order valence-corrected chi connectivity index (χ2v) is 9.28. The Morgan fingerprint density at radius 3 is 2.00 bits per heavy atom. The van der Waals surface area contributed by atoms with Gasteiger partial charge in [0, 0.05) is 6.54 Å². The lowest BCUT2D eigenvalue weighted by Gasteiger charge is -2.23. The minimum absolute atomic E-state index is 0.0998. The smallest absolute Gasteiger partial charge is 0.326 e. The summed E-state index contributed by atoms with van der Waals surface area (Å²) in [5.41, 5.74) is 16.4. The van der Waals surface area contributed by atoms with E-state index in [9.17, 15) is 24.3 Å². The predicted molar refractivity (Wildman–Crippen MR) is 133 cm³/mol. The number of rotatable bonds is 17. The first-order valence-corrected chi connectivity index (χ1v) is 13.2. The van der Waals surface area contributed by atoms with Crippen LogP contribution in [0.1, 0.15) is 32.6 Å². The molecular weight excluding hydrogens is 470 g/mol. The third kappa shape index (κ3) is 13.8. The molecule has 0 aliphatic heterocycles. The first-order valence-electron chi connectivity index (χ1n) is 10.5. The summed E-state index contributed by atoms with van der Waals surface area (Å²) in [5.74, 6) is -1.73. The number of thioether (sulfide) groups is 2. The summed E-state index contributed by atoms with van der Waals surface area (Å²) < 4.78 is 0. The van der Waals surface area contributed by atoms with E-state index in [0.717, 1.165) is 0 Å². The van der Waals surface area contributed by atoms with Crippen LogP contribution in [0.15, 0.2) is 4.99 Å². The minimum atomic E-state index is -1.16. The van der Waals surface area contributed by atoms with Crippen molar-refractivity contribution < 1.29 is 24.3 Å². The number of aliphatic imine (C=N–C) groups is 1. The van der Waals surface area contributed by atoms with Crippen molar-refractivity contribution in [3.05, 3.63) is 0 Å². The summed E-state index contributed by atoms with van der Waals surface area (Å²) in [6.07, 6.45) is 4.95. The number of nitrogens with one attached hydrogen (secondary N) is 3. The van der Waals surface area contributed by atoms with Crippen LogP contribution in [0.2, 0.25) is 0 Å². The number of carboxylic acid groups (broad SMARTS) is 1. The van der Waals surface area contributed by atoms with E-state index in [1.165, 1.54) is 18.7 Å². The van der Waals surface area contributed by atoms with Gasteiger partial charge in [0.05, 0.1) is 6.04 Å². The molecule has 0 saturated carbocycles. The maximum Gasteiger partial charge on any atom is 0.326 e. The highest BCUT2D eigenvalue weighted by molar-refractivity contribution is 7.98. The van der Waals surface area contributed by atoms with E-state index >= 15 is 0 Å². The zero-order chi connectivity index (χ0) is 25.4. The highest BCUT2D eigenvalue weighted by atomic mass is 32.2. The molecule has 190 valence electrons. The fraction of sp³-hybridized carbons (Fsp3) is 0.737. The molecule has 0 aromatic heterocycles. The molecular formula is C19H37N7O5S2. The molecule has 10 N–H and O–H groups in total. The lowest BCUT2D eigenvalue weighted by Crippen LogP contribution is -2.56. The van der Waals surface area contributed by atoms with E-state index in [1.807, 2.05) is 12.5 Å². The highest BCUT2D eigenvalue weighted by Gasteiger charge is 2.28. The third-order valence-electron chi connectivity index (χ3n) is 4.53. The van der Waals surface area contributed by atoms with Crippen molar-refractivity contribution in [3.63, 3.8) is 0 Å². The van der Waals surface area contributed by atoms with Crippen molar-refractivity contribution in [2.75, 3.05) is 30.6 Å². The van der Waals surface area contributed by atoms with Crippen LogP contribution in [0.5, 0.6) is 0 Å². The Morgan fingerprint density at radius 2 is 1.45 bits per heavy atom. The van der Waals surface area contributed by atoms with Crippen molar-refractivity contribution >= 4 is 53.2 Å². The number of nitrogens with zero attached hydrogens (tertiary/aromatic N) is 1. The predicted octanol–water partition coefficient (Wildman–Crippen LogP) is -1.57. The standard InChI is InChI=1S/C19H37N7O5S2/c1-11(24-16(28)12(20)6-9-32-2)15(27)25-13(5-4-8-23-19(21)22)17(29)26-14(18(30)31)7-10-33-3/h11-14H,4-10,20H2,1-3H3,(H,24,28)(H,25,27)(H,26,29)(H,30,31)(H4,21,22,23). The number of hydrogen-bond acceptors (Lipinski definition) is 8. The zero-order valence-corrected chi connectivity index (χ0v) is 21.0. The number of carbonyl (C=O) groups excluding carboxylic acids is 3. The first kappa shape index (κ1) is 30.8. The van der Waals surface area contributed by atoms with Crippen molar-refractivity contribution in [1.82, 2.24) is 16.0 Å². The van der Waals surface area contributed by atoms with E-state index in [4.69, 9.17) is 17.2 Å². The van der Waals surface area contributed by atoms with Gasteiger partial charge in [-0.25, -0.2) is 4.79 Å². The summed E-state index contributed by atoms with van der Waals surface area (Å²) >= 11 is 3.01. The summed E-state index contributed by atoms with van der Waals surface area (Å²) in [5, 5.41) is 16.9. The Bertz CT molecular complexity index is 677. The van der Waals surface area contributed by atoms with Gasteiger partial charge < -0.3 is 38.3 Å². The lowest BCUT2D eigenvalue weighted by molar-refractivity contribution is -0.142. The Kier molecular flexibility index (Phi) is 16.2. The topological polar surface area (TPSA) is 215 Å². The van der Waals surface area contributed by atoms with Crippen LogP contribution in [0, 0.1) is 0 Å². The molecule has 0 fully saturated rings. The molecule has 4 unspecified atom stereocenters. The van der Waals surface area contributed by atoms with E-state index in [1.54, 1.807) is 11.8 Å². The molecule has 0 heterocycles. The molecule has 0 spiro atoms. The van der Waals surface area contributed by atoms with Gasteiger partial charge in [0.15, 0.2) is 5.96 Å². The van der Waals surface area contributed by atoms with Gasteiger partial charge in [-0.1, -0.05) is 0 Å². The number of guanidine groups is 1. The Morgan fingerprint density at radius 1 is 0.879 bits per heavy atom. The second-order valence-electron chi connectivity index (χ2n) is 7.31. The quantitative estimate of drug-likeness (QED) is 0.0682. The monoisotopic (exact) mass is 507 g/mol. The molecule has 4 atom stereocenters. The van der Waals surface area contributed by atoms with Crippen LogP contribution in [-0.4, -0.2) is 89.5 Å². The number of hydrogen-bond donors (Lipinski definition) is 7. The van der Waals surface area contributed by atoms with Crippen molar-refractivity contribution in [2.45, 2.75) is 56.8 Å². The first-order chi connectivity index (χ1) is 15.5. The van der Waals surface area contributed by atoms with Gasteiger partial charge in [-0.05, 0) is 56.6 Å². The number of aliphatic carboxylic acids is 1. The van der Waals surface area contributed by atoms with Crippen LogP contribution in [0.25, 0.3) is 0 Å². The van der Waals surface area contributed by atoms with Crippen LogP contribution < -0.4 is 33.2 Å². The van der Waals surface area contributed by atoms with Crippen LogP contribution in [-0.2, 0) is 19.2 Å². The Balaban J connectivity index is 5.17. The van der Waals surface area contributed by atoms with E-state index in [0.29, 0.717) is 24.3 Å². The second kappa shape index (κ2) is 17.3. The maximum absolute atomic E-state index is 12.8. The molecule has 0 aromatic carbocycles. The molecule has 3 amide bonds. The molecule has 0 aromatic rings. The minimum Gasteiger partial charge on any atom is -0.480 e. The molecule has 12 nitrogen and oxygen atoms in total. The molecule has 0 saturated heterocycles. The fourth-order valence-electron chi connectivity index (χ4n) is 2.60. The number of carboxylic acids is 1. The molecule has 0 aliphatic rings. The Labute approximate surface area is 203 Å². The number of nitrogens with two attached hydrogens (primary N) is 3. The molecule has 0 aliphatic carbocycles. The van der Waals surface area contributed by atoms with Crippen molar-refractivity contribution in [1.29, 1.82) is 0 Å². The van der Waals surface area contributed by atoms with Crippen LogP contribution in [0.3, 0.4) is 0 Å². The Hall–Kier alpha value is -2.19. The zero-order valence-electron chi connectivity index (χ0n) is 19.3. The molecule has 0 radical (unpaired) electrons. The van der Waals surface area contributed by atoms with Gasteiger partial charge in [-0.3, -0.25) is 19.4 Å². The van der Waals surface area contributed by atoms with Gasteiger partial charge in [0.25, 0.3) is 0 Å². The normalized spacial score (nSPS) is 14.3. The van der Waals surface area contributed by atoms with E-state index in [-0.39, 0.29) is 25.3 Å². The van der Waals surface area contributed by atoms with Crippen LogP contribution in [0.4, 0.5) is 0 Å². The molecule has 0 rings (SSSR count). The maximum atomic E-state index is 12.8. The van der Waals surface area contributed by atoms with Gasteiger partial charge in [0.2, 0.25) is 17.7 Å². The molecule has 14 heteroatoms. The van der Waals surface area contributed by atoms with Gasteiger partial charge in [-0.15, -0.1) is 0 Å². The van der Waals surface area contributed by atoms with Crippen molar-refractivity contribution in [2.24, 2.45) is 22.2 Å². The van der Waals surface area contributed by atoms with Gasteiger partial charge >= 0.3 is 5.97 Å². The van der Waals surface area contributed by atoms with Crippen LogP contribution >= 0.6 is 23.5 Å². The third-order valence-corrected chi connectivity index (χ3v) is 5.81. The summed E-state index contributed by atoms with van der Waals surface area (Å²) in [4.78, 5) is 52.9. The fourth-order valence-corrected chi connectivity index (χ4v) is 3.56.